The highest BCUT2D eigenvalue weighted by molar-refractivity contribution is 7.98. The van der Waals surface area contributed by atoms with E-state index in [0.29, 0.717) is 5.75 Å². The van der Waals surface area contributed by atoms with E-state index in [1.54, 1.807) is 13.8 Å². The maximum atomic E-state index is 12.5. The van der Waals surface area contributed by atoms with Crippen molar-refractivity contribution >= 4 is 53.9 Å². The van der Waals surface area contributed by atoms with Crippen molar-refractivity contribution in [1.29, 1.82) is 0 Å². The van der Waals surface area contributed by atoms with Gasteiger partial charge in [-0.25, -0.2) is 4.79 Å². The molecule has 0 amide bonds. The molecule has 0 aliphatic heterocycles. The molecular formula is C27H40O14S. The van der Waals surface area contributed by atoms with Crippen molar-refractivity contribution in [3.05, 3.63) is 11.6 Å². The second-order valence-corrected chi connectivity index (χ2v) is 10.0. The monoisotopic (exact) mass is 620 g/mol. The van der Waals surface area contributed by atoms with Crippen molar-refractivity contribution in [2.45, 2.75) is 59.0 Å². The zero-order valence-corrected chi connectivity index (χ0v) is 25.6. The van der Waals surface area contributed by atoms with Gasteiger partial charge in [0.15, 0.2) is 11.9 Å². The minimum absolute atomic E-state index is 0.0236. The van der Waals surface area contributed by atoms with Crippen molar-refractivity contribution in [1.82, 2.24) is 0 Å². The predicted molar refractivity (Wildman–Crippen MR) is 146 cm³/mol. The molecular weight excluding hydrogens is 580 g/mol. The molecule has 0 heterocycles. The molecule has 238 valence electrons. The lowest BCUT2D eigenvalue weighted by Crippen LogP contribution is -2.43. The van der Waals surface area contributed by atoms with Gasteiger partial charge in [-0.1, -0.05) is 19.9 Å². The molecule has 0 spiro atoms. The SMILES string of the molecule is C/C=C(\C)C(=O)OC(C=O)(CC(=O)OCOC(=O)C(C)CSC)CC(C)C(=O)OCOC(=O)CCOC(=O)CCOC. The van der Waals surface area contributed by atoms with E-state index in [2.05, 4.69) is 0 Å². The van der Waals surface area contributed by atoms with Crippen molar-refractivity contribution in [2.75, 3.05) is 45.9 Å². The van der Waals surface area contributed by atoms with E-state index in [9.17, 15) is 33.6 Å². The van der Waals surface area contributed by atoms with Crippen LogP contribution in [-0.2, 0) is 66.7 Å². The van der Waals surface area contributed by atoms with Crippen LogP contribution in [-0.4, -0.2) is 93.6 Å². The van der Waals surface area contributed by atoms with Crippen LogP contribution < -0.4 is 0 Å². The molecule has 14 nitrogen and oxygen atoms in total. The van der Waals surface area contributed by atoms with E-state index in [1.165, 1.54) is 38.8 Å². The summed E-state index contributed by atoms with van der Waals surface area (Å²) in [5.74, 6) is -5.88. The summed E-state index contributed by atoms with van der Waals surface area (Å²) < 4.78 is 34.4. The summed E-state index contributed by atoms with van der Waals surface area (Å²) in [5, 5.41) is 0. The maximum absolute atomic E-state index is 12.5. The normalized spacial score (nSPS) is 13.9. The topological polar surface area (TPSA) is 184 Å². The largest absolute Gasteiger partial charge is 0.465 e. The molecule has 0 fully saturated rings. The number of methoxy groups -OCH3 is 1. The molecule has 0 aliphatic carbocycles. The Morgan fingerprint density at radius 3 is 1.90 bits per heavy atom. The van der Waals surface area contributed by atoms with E-state index >= 15 is 0 Å². The summed E-state index contributed by atoms with van der Waals surface area (Å²) in [7, 11) is 1.42. The van der Waals surface area contributed by atoms with Gasteiger partial charge in [-0.2, -0.15) is 11.8 Å². The van der Waals surface area contributed by atoms with Gasteiger partial charge >= 0.3 is 35.8 Å². The van der Waals surface area contributed by atoms with Gasteiger partial charge in [-0.3, -0.25) is 28.8 Å². The Kier molecular flexibility index (Phi) is 19.5. The quantitative estimate of drug-likeness (QED) is 0.0595. The van der Waals surface area contributed by atoms with Crippen molar-refractivity contribution in [3.8, 4) is 0 Å². The number of carbonyl (C=O) groups excluding carboxylic acids is 7. The average Bonchev–Trinajstić information content (AvgIpc) is 2.95. The van der Waals surface area contributed by atoms with E-state index < -0.39 is 79.7 Å². The van der Waals surface area contributed by atoms with Crippen LogP contribution in [0.3, 0.4) is 0 Å². The third kappa shape index (κ3) is 16.1. The number of allylic oxidation sites excluding steroid dienone is 1. The molecule has 0 saturated heterocycles. The van der Waals surface area contributed by atoms with Crippen molar-refractivity contribution in [3.63, 3.8) is 0 Å². The lowest BCUT2D eigenvalue weighted by molar-refractivity contribution is -0.181. The molecule has 0 aliphatic rings. The molecule has 0 bridgehead atoms. The van der Waals surface area contributed by atoms with Gasteiger partial charge in [0, 0.05) is 24.9 Å². The second kappa shape index (κ2) is 21.3. The lowest BCUT2D eigenvalue weighted by Gasteiger charge is -2.29. The molecule has 3 atom stereocenters. The lowest BCUT2D eigenvalue weighted by atomic mass is 9.89. The molecule has 0 aromatic rings. The summed E-state index contributed by atoms with van der Waals surface area (Å²) in [6.45, 7) is 4.42. The Morgan fingerprint density at radius 2 is 1.36 bits per heavy atom. The highest BCUT2D eigenvalue weighted by Gasteiger charge is 2.41. The van der Waals surface area contributed by atoms with Crippen molar-refractivity contribution < 1.29 is 66.7 Å². The van der Waals surface area contributed by atoms with Crippen LogP contribution in [0.2, 0.25) is 0 Å². The fourth-order valence-electron chi connectivity index (χ4n) is 3.03. The van der Waals surface area contributed by atoms with Gasteiger partial charge < -0.3 is 33.2 Å². The summed E-state index contributed by atoms with van der Waals surface area (Å²) in [5.41, 5.74) is -1.99. The summed E-state index contributed by atoms with van der Waals surface area (Å²) >= 11 is 1.44. The van der Waals surface area contributed by atoms with Gasteiger partial charge in [0.2, 0.25) is 13.6 Å². The fourth-order valence-corrected chi connectivity index (χ4v) is 3.67. The molecule has 0 rings (SSSR count). The first-order chi connectivity index (χ1) is 19.8. The summed E-state index contributed by atoms with van der Waals surface area (Å²) in [6, 6.07) is 0. The molecule has 0 saturated carbocycles. The number of rotatable bonds is 21. The molecule has 42 heavy (non-hydrogen) atoms. The zero-order valence-electron chi connectivity index (χ0n) is 24.8. The molecule has 0 N–H and O–H groups in total. The first-order valence-electron chi connectivity index (χ1n) is 12.9. The number of hydrogen-bond donors (Lipinski definition) is 0. The fraction of sp³-hybridized carbons (Fsp3) is 0.667. The Balaban J connectivity index is 5.11. The third-order valence-electron chi connectivity index (χ3n) is 5.50. The van der Waals surface area contributed by atoms with Crippen LogP contribution >= 0.6 is 11.8 Å². The van der Waals surface area contributed by atoms with Gasteiger partial charge in [0.05, 0.1) is 37.7 Å². The zero-order chi connectivity index (χ0) is 32.1. The number of esters is 6. The minimum Gasteiger partial charge on any atom is -0.465 e. The van der Waals surface area contributed by atoms with Crippen LogP contribution in [0.4, 0.5) is 0 Å². The molecule has 3 unspecified atom stereocenters. The molecule has 15 heteroatoms. The molecule has 0 aromatic carbocycles. The maximum Gasteiger partial charge on any atom is 0.334 e. The minimum atomic E-state index is -2.13. The Morgan fingerprint density at radius 1 is 0.810 bits per heavy atom. The number of thioether (sulfide) groups is 1. The number of aldehydes is 1. The van der Waals surface area contributed by atoms with E-state index in [1.807, 2.05) is 6.26 Å². The first-order valence-corrected chi connectivity index (χ1v) is 14.3. The summed E-state index contributed by atoms with van der Waals surface area (Å²) in [6.07, 6.45) is 1.92. The van der Waals surface area contributed by atoms with E-state index in [0.717, 1.165) is 0 Å². The van der Waals surface area contributed by atoms with Gasteiger partial charge in [-0.15, -0.1) is 0 Å². The second-order valence-electron chi connectivity index (χ2n) is 9.09. The first kappa shape index (κ1) is 38.5. The van der Waals surface area contributed by atoms with E-state index in [4.69, 9.17) is 33.2 Å². The molecule has 0 radical (unpaired) electrons. The summed E-state index contributed by atoms with van der Waals surface area (Å²) in [4.78, 5) is 84.7. The molecule has 0 aromatic heterocycles. The van der Waals surface area contributed by atoms with Crippen LogP contribution in [0.25, 0.3) is 0 Å². The van der Waals surface area contributed by atoms with Crippen molar-refractivity contribution in [2.24, 2.45) is 11.8 Å². The van der Waals surface area contributed by atoms with E-state index in [-0.39, 0.29) is 37.9 Å². The Bertz CT molecular complexity index is 962. The number of hydrogen-bond acceptors (Lipinski definition) is 15. The van der Waals surface area contributed by atoms with Crippen LogP contribution in [0.5, 0.6) is 0 Å². The highest BCUT2D eigenvalue weighted by Crippen LogP contribution is 2.26. The average molecular weight is 621 g/mol. The third-order valence-corrected chi connectivity index (χ3v) is 6.34. The number of carbonyl (C=O) groups is 7. The van der Waals surface area contributed by atoms with Gasteiger partial charge in [0.1, 0.15) is 6.61 Å². The van der Waals surface area contributed by atoms with Crippen LogP contribution in [0, 0.1) is 11.8 Å². The van der Waals surface area contributed by atoms with Crippen LogP contribution in [0.15, 0.2) is 11.6 Å². The van der Waals surface area contributed by atoms with Crippen LogP contribution in [0.1, 0.15) is 53.4 Å². The number of ether oxygens (including phenoxy) is 7. The van der Waals surface area contributed by atoms with Gasteiger partial charge in [-0.05, 0) is 20.1 Å². The Labute approximate surface area is 249 Å². The predicted octanol–water partition coefficient (Wildman–Crippen LogP) is 1.91. The Hall–Kier alpha value is -3.46. The highest BCUT2D eigenvalue weighted by atomic mass is 32.2. The van der Waals surface area contributed by atoms with Gasteiger partial charge in [0.25, 0.3) is 0 Å². The standard InChI is InChI=1S/C27H40O14S/c1-7-18(2)26(34)41-27(15-28,13-23(31)38-17-40-25(33)20(4)14-42-6)12-19(3)24(32)39-16-37-22(30)9-11-36-21(29)8-10-35-5/h7,15,19-20H,8-14,16-17H2,1-6H3/b18-7+. The smallest absolute Gasteiger partial charge is 0.334 e.